The molecule has 0 fully saturated rings. The van der Waals surface area contributed by atoms with Crippen LogP contribution in [0.3, 0.4) is 0 Å². The van der Waals surface area contributed by atoms with Crippen LogP contribution in [0.25, 0.3) is 11.3 Å². The monoisotopic (exact) mass is 352 g/mol. The van der Waals surface area contributed by atoms with E-state index in [0.717, 1.165) is 27.4 Å². The molecular weight excluding hydrogens is 332 g/mol. The Morgan fingerprint density at radius 2 is 2.09 bits per heavy atom. The minimum Gasteiger partial charge on any atom is -0.496 e. The Kier molecular flexibility index (Phi) is 5.32. The summed E-state index contributed by atoms with van der Waals surface area (Å²) < 4.78 is 5.29. The molecule has 1 aromatic heterocycles. The third-order valence-electron chi connectivity index (χ3n) is 3.63. The third-order valence-corrected chi connectivity index (χ3v) is 5.19. The van der Waals surface area contributed by atoms with Crippen LogP contribution >= 0.6 is 22.9 Å². The highest BCUT2D eigenvalue weighted by Crippen LogP contribution is 2.33. The van der Waals surface area contributed by atoms with Gasteiger partial charge in [-0.25, -0.2) is 4.98 Å². The zero-order chi connectivity index (χ0) is 17.2. The Labute approximate surface area is 145 Å². The molecule has 0 aliphatic heterocycles. The Morgan fingerprint density at radius 3 is 2.65 bits per heavy atom. The zero-order valence-corrected chi connectivity index (χ0v) is 15.6. The molecule has 0 unspecified atom stereocenters. The fourth-order valence-electron chi connectivity index (χ4n) is 2.07. The molecule has 23 heavy (non-hydrogen) atoms. The summed E-state index contributed by atoms with van der Waals surface area (Å²) in [7, 11) is 1.66. The molecule has 6 heteroatoms. The second-order valence-electron chi connectivity index (χ2n) is 6.08. The number of ether oxygens (including phenoxy) is 1. The maximum atomic E-state index is 12.2. The van der Waals surface area contributed by atoms with Crippen molar-refractivity contribution in [2.24, 2.45) is 5.41 Å². The minimum atomic E-state index is -0.627. The Morgan fingerprint density at radius 1 is 1.39 bits per heavy atom. The largest absolute Gasteiger partial charge is 0.496 e. The lowest BCUT2D eigenvalue weighted by Crippen LogP contribution is -2.32. The molecule has 124 valence electrons. The van der Waals surface area contributed by atoms with Crippen LogP contribution in [0, 0.1) is 19.3 Å². The van der Waals surface area contributed by atoms with Gasteiger partial charge in [0.1, 0.15) is 5.75 Å². The van der Waals surface area contributed by atoms with Crippen molar-refractivity contribution < 1.29 is 9.53 Å². The Balaban J connectivity index is 2.28. The van der Waals surface area contributed by atoms with Gasteiger partial charge < -0.3 is 10.1 Å². The lowest BCUT2D eigenvalue weighted by Gasteiger charge is -2.19. The summed E-state index contributed by atoms with van der Waals surface area (Å²) in [6.07, 6.45) is 0. The second kappa shape index (κ2) is 6.89. The van der Waals surface area contributed by atoms with E-state index in [1.54, 1.807) is 7.11 Å². The molecule has 0 spiro atoms. The van der Waals surface area contributed by atoms with Crippen LogP contribution in [0.4, 0.5) is 5.13 Å². The first kappa shape index (κ1) is 17.8. The van der Waals surface area contributed by atoms with Gasteiger partial charge in [-0.2, -0.15) is 0 Å². The van der Waals surface area contributed by atoms with Crippen molar-refractivity contribution in [3.63, 3.8) is 0 Å². The Bertz CT molecular complexity index is 725. The molecule has 0 radical (unpaired) electrons. The molecule has 0 saturated heterocycles. The average molecular weight is 353 g/mol. The Hall–Kier alpha value is -1.59. The number of hydrogen-bond acceptors (Lipinski definition) is 4. The van der Waals surface area contributed by atoms with Gasteiger partial charge in [0.15, 0.2) is 5.13 Å². The predicted octanol–water partition coefficient (Wildman–Crippen LogP) is 4.64. The highest BCUT2D eigenvalue weighted by atomic mass is 35.5. The number of methoxy groups -OCH3 is 1. The van der Waals surface area contributed by atoms with Crippen molar-refractivity contribution in [1.82, 2.24) is 4.98 Å². The molecule has 1 heterocycles. The molecular formula is C17H21ClN2O2S. The fraction of sp³-hybridized carbons (Fsp3) is 0.412. The molecule has 1 amide bonds. The van der Waals surface area contributed by atoms with Crippen molar-refractivity contribution in [3.8, 4) is 17.0 Å². The summed E-state index contributed by atoms with van der Waals surface area (Å²) in [5, 5.41) is 3.45. The lowest BCUT2D eigenvalue weighted by atomic mass is 9.95. The molecule has 0 saturated carbocycles. The molecule has 4 nitrogen and oxygen atoms in total. The maximum Gasteiger partial charge on any atom is 0.233 e. The predicted molar refractivity (Wildman–Crippen MR) is 96.7 cm³/mol. The van der Waals surface area contributed by atoms with Gasteiger partial charge >= 0.3 is 0 Å². The topological polar surface area (TPSA) is 51.2 Å². The minimum absolute atomic E-state index is 0.126. The summed E-state index contributed by atoms with van der Waals surface area (Å²) in [4.78, 5) is 17.8. The number of halogens is 1. The first-order valence-electron chi connectivity index (χ1n) is 7.28. The van der Waals surface area contributed by atoms with Crippen LogP contribution in [0.5, 0.6) is 5.75 Å². The van der Waals surface area contributed by atoms with E-state index in [2.05, 4.69) is 10.3 Å². The van der Waals surface area contributed by atoms with E-state index in [-0.39, 0.29) is 11.8 Å². The quantitative estimate of drug-likeness (QED) is 0.797. The molecule has 2 rings (SSSR count). The van der Waals surface area contributed by atoms with Gasteiger partial charge in [-0.05, 0) is 51.5 Å². The van der Waals surface area contributed by atoms with Crippen LogP contribution in [-0.2, 0) is 4.79 Å². The zero-order valence-electron chi connectivity index (χ0n) is 14.0. The van der Waals surface area contributed by atoms with Gasteiger partial charge in [-0.15, -0.1) is 22.9 Å². The number of thiazole rings is 1. The number of anilines is 1. The number of aryl methyl sites for hydroxylation is 2. The summed E-state index contributed by atoms with van der Waals surface area (Å²) >= 11 is 7.31. The molecule has 0 aliphatic rings. The number of hydrogen-bond donors (Lipinski definition) is 1. The van der Waals surface area contributed by atoms with Gasteiger partial charge in [0.2, 0.25) is 5.91 Å². The summed E-state index contributed by atoms with van der Waals surface area (Å²) in [6, 6.07) is 5.94. The highest BCUT2D eigenvalue weighted by molar-refractivity contribution is 7.16. The van der Waals surface area contributed by atoms with Crippen molar-refractivity contribution in [1.29, 1.82) is 0 Å². The summed E-state index contributed by atoms with van der Waals surface area (Å²) in [6.45, 7) is 7.61. The lowest BCUT2D eigenvalue weighted by molar-refractivity contribution is -0.122. The van der Waals surface area contributed by atoms with Crippen LogP contribution in [0.15, 0.2) is 18.2 Å². The van der Waals surface area contributed by atoms with Gasteiger partial charge in [0, 0.05) is 16.3 Å². The SMILES string of the molecule is COc1ccc(-c2nc(NC(=O)C(C)(C)CCl)sc2C)cc1C. The number of aromatic nitrogens is 1. The third kappa shape index (κ3) is 3.85. The average Bonchev–Trinajstić information content (AvgIpc) is 2.87. The second-order valence-corrected chi connectivity index (χ2v) is 7.55. The highest BCUT2D eigenvalue weighted by Gasteiger charge is 2.27. The van der Waals surface area contributed by atoms with Crippen molar-refractivity contribution in [2.75, 3.05) is 18.3 Å². The van der Waals surface area contributed by atoms with Crippen LogP contribution in [0.1, 0.15) is 24.3 Å². The molecule has 0 bridgehead atoms. The van der Waals surface area contributed by atoms with E-state index in [4.69, 9.17) is 16.3 Å². The number of rotatable bonds is 5. The number of alkyl halides is 1. The van der Waals surface area contributed by atoms with Crippen LogP contribution < -0.4 is 10.1 Å². The van der Waals surface area contributed by atoms with Gasteiger partial charge in [0.25, 0.3) is 0 Å². The van der Waals surface area contributed by atoms with Crippen LogP contribution in [-0.4, -0.2) is 23.9 Å². The number of benzene rings is 1. The van der Waals surface area contributed by atoms with Gasteiger partial charge in [-0.3, -0.25) is 4.79 Å². The van der Waals surface area contributed by atoms with Gasteiger partial charge in [0.05, 0.1) is 18.2 Å². The van der Waals surface area contributed by atoms with E-state index in [1.165, 1.54) is 11.3 Å². The van der Waals surface area contributed by atoms with E-state index in [0.29, 0.717) is 5.13 Å². The molecule has 0 aliphatic carbocycles. The van der Waals surface area contributed by atoms with Crippen molar-refractivity contribution in [3.05, 3.63) is 28.6 Å². The molecule has 1 aromatic carbocycles. The molecule has 0 atom stereocenters. The fourth-order valence-corrected chi connectivity index (χ4v) is 3.02. The molecule has 1 N–H and O–H groups in total. The van der Waals surface area contributed by atoms with E-state index in [1.807, 2.05) is 45.9 Å². The standard InChI is InChI=1S/C17H21ClN2O2S/c1-10-8-12(6-7-13(10)22-5)14-11(2)23-16(19-14)20-15(21)17(3,4)9-18/h6-8H,9H2,1-5H3,(H,19,20,21). The number of amides is 1. The maximum absolute atomic E-state index is 12.2. The first-order valence-corrected chi connectivity index (χ1v) is 8.63. The normalized spacial score (nSPS) is 11.4. The number of carbonyl (C=O) groups excluding carboxylic acids is 1. The van der Waals surface area contributed by atoms with E-state index < -0.39 is 5.41 Å². The summed E-state index contributed by atoms with van der Waals surface area (Å²) in [5.41, 5.74) is 2.30. The van der Waals surface area contributed by atoms with E-state index in [9.17, 15) is 4.79 Å². The molecule has 2 aromatic rings. The van der Waals surface area contributed by atoms with E-state index >= 15 is 0 Å². The van der Waals surface area contributed by atoms with Gasteiger partial charge in [-0.1, -0.05) is 0 Å². The number of nitrogens with one attached hydrogen (secondary N) is 1. The smallest absolute Gasteiger partial charge is 0.233 e. The summed E-state index contributed by atoms with van der Waals surface area (Å²) in [5.74, 6) is 0.978. The van der Waals surface area contributed by atoms with Crippen molar-refractivity contribution >= 4 is 34.0 Å². The number of nitrogens with zero attached hydrogens (tertiary/aromatic N) is 1. The number of carbonyl (C=O) groups is 1. The first-order chi connectivity index (χ1) is 10.8. The van der Waals surface area contributed by atoms with Crippen LogP contribution in [0.2, 0.25) is 0 Å². The van der Waals surface area contributed by atoms with Crippen molar-refractivity contribution in [2.45, 2.75) is 27.7 Å².